The lowest BCUT2D eigenvalue weighted by atomic mass is 10.1. The lowest BCUT2D eigenvalue weighted by Gasteiger charge is -2.06. The second-order valence-corrected chi connectivity index (χ2v) is 4.10. The number of anilines is 1. The van der Waals surface area contributed by atoms with Gasteiger partial charge in [0.2, 0.25) is 0 Å². The number of amides is 1. The first kappa shape index (κ1) is 13.0. The van der Waals surface area contributed by atoms with Gasteiger partial charge in [0.15, 0.2) is 0 Å². The van der Waals surface area contributed by atoms with Crippen LogP contribution < -0.4 is 5.32 Å². The zero-order chi connectivity index (χ0) is 13.8. The Hall–Kier alpha value is -2.40. The molecule has 0 fully saturated rings. The van der Waals surface area contributed by atoms with E-state index in [4.69, 9.17) is 16.7 Å². The van der Waals surface area contributed by atoms with Gasteiger partial charge in [-0.2, -0.15) is 0 Å². The van der Waals surface area contributed by atoms with Gasteiger partial charge in [-0.15, -0.1) is 0 Å². The van der Waals surface area contributed by atoms with Crippen molar-refractivity contribution in [3.8, 4) is 0 Å². The van der Waals surface area contributed by atoms with Crippen molar-refractivity contribution >= 4 is 29.3 Å². The van der Waals surface area contributed by atoms with E-state index in [1.807, 2.05) is 0 Å². The van der Waals surface area contributed by atoms with Gasteiger partial charge < -0.3 is 10.4 Å². The van der Waals surface area contributed by atoms with Crippen LogP contribution >= 0.6 is 11.6 Å². The first-order valence-corrected chi connectivity index (χ1v) is 5.71. The summed E-state index contributed by atoms with van der Waals surface area (Å²) in [6, 6.07) is 9.07. The number of nitrogens with zero attached hydrogens (tertiary/aromatic N) is 1. The minimum atomic E-state index is -1.16. The Morgan fingerprint density at radius 1 is 1.11 bits per heavy atom. The minimum Gasteiger partial charge on any atom is -0.478 e. The Kier molecular flexibility index (Phi) is 3.77. The minimum absolute atomic E-state index is 0.0611. The number of aromatic carboxylic acids is 1. The zero-order valence-electron chi connectivity index (χ0n) is 9.63. The summed E-state index contributed by atoms with van der Waals surface area (Å²) in [6.07, 6.45) is 1.39. The molecule has 0 bridgehead atoms. The number of hydrogen-bond acceptors (Lipinski definition) is 3. The number of halogens is 1. The van der Waals surface area contributed by atoms with E-state index in [1.54, 1.807) is 18.2 Å². The van der Waals surface area contributed by atoms with Gasteiger partial charge in [-0.25, -0.2) is 9.78 Å². The van der Waals surface area contributed by atoms with Crippen LogP contribution in [0.3, 0.4) is 0 Å². The highest BCUT2D eigenvalue weighted by Gasteiger charge is 2.15. The molecule has 0 saturated heterocycles. The Labute approximate surface area is 113 Å². The number of carboxylic acids is 1. The van der Waals surface area contributed by atoms with Crippen LogP contribution in [0.1, 0.15) is 20.7 Å². The van der Waals surface area contributed by atoms with Crippen molar-refractivity contribution in [1.29, 1.82) is 0 Å². The van der Waals surface area contributed by atoms with Gasteiger partial charge in [-0.1, -0.05) is 23.7 Å². The standard InChI is InChI=1S/C13H9ClN2O3/c14-8-5-6-11(15-7-8)16-12(17)9-3-1-2-4-10(9)13(18)19/h1-7H,(H,18,19)(H,15,16,17). The molecule has 1 aromatic heterocycles. The maximum absolute atomic E-state index is 12.0. The number of aromatic nitrogens is 1. The number of hydrogen-bond donors (Lipinski definition) is 2. The summed E-state index contributed by atoms with van der Waals surface area (Å²) < 4.78 is 0. The number of benzene rings is 1. The third-order valence-electron chi connectivity index (χ3n) is 2.37. The average Bonchev–Trinajstić information content (AvgIpc) is 2.41. The van der Waals surface area contributed by atoms with Gasteiger partial charge >= 0.3 is 5.97 Å². The zero-order valence-corrected chi connectivity index (χ0v) is 10.4. The molecule has 1 heterocycles. The van der Waals surface area contributed by atoms with Crippen LogP contribution in [-0.2, 0) is 0 Å². The van der Waals surface area contributed by atoms with Crippen molar-refractivity contribution in [3.05, 3.63) is 58.7 Å². The molecule has 0 unspecified atom stereocenters. The molecular formula is C13H9ClN2O3. The van der Waals surface area contributed by atoms with Crippen LogP contribution in [0.5, 0.6) is 0 Å². The molecule has 6 heteroatoms. The van der Waals surface area contributed by atoms with Gasteiger partial charge in [-0.3, -0.25) is 4.79 Å². The summed E-state index contributed by atoms with van der Waals surface area (Å²) >= 11 is 5.68. The van der Waals surface area contributed by atoms with Gasteiger partial charge in [0.25, 0.3) is 5.91 Å². The first-order chi connectivity index (χ1) is 9.08. The monoisotopic (exact) mass is 276 g/mol. The van der Waals surface area contributed by atoms with E-state index in [2.05, 4.69) is 10.3 Å². The highest BCUT2D eigenvalue weighted by atomic mass is 35.5. The first-order valence-electron chi connectivity index (χ1n) is 5.33. The Bertz CT molecular complexity index is 626. The lowest BCUT2D eigenvalue weighted by molar-refractivity contribution is 0.0692. The third-order valence-corrected chi connectivity index (χ3v) is 2.59. The van der Waals surface area contributed by atoms with Crippen LogP contribution in [-0.4, -0.2) is 22.0 Å². The summed E-state index contributed by atoms with van der Waals surface area (Å²) in [5.74, 6) is -1.39. The topological polar surface area (TPSA) is 79.3 Å². The van der Waals surface area contributed by atoms with Gasteiger partial charge in [0, 0.05) is 6.20 Å². The highest BCUT2D eigenvalue weighted by molar-refractivity contribution is 6.30. The van der Waals surface area contributed by atoms with Crippen LogP contribution in [0, 0.1) is 0 Å². The summed E-state index contributed by atoms with van der Waals surface area (Å²) in [4.78, 5) is 26.9. The van der Waals surface area contributed by atoms with Gasteiger partial charge in [-0.05, 0) is 24.3 Å². The van der Waals surface area contributed by atoms with Crippen molar-refractivity contribution in [2.45, 2.75) is 0 Å². The fourth-order valence-electron chi connectivity index (χ4n) is 1.50. The smallest absolute Gasteiger partial charge is 0.336 e. The maximum atomic E-state index is 12.0. The molecule has 2 rings (SSSR count). The van der Waals surface area contributed by atoms with E-state index in [1.165, 1.54) is 24.4 Å². The molecule has 2 aromatic rings. The molecule has 0 aliphatic carbocycles. The molecule has 0 aliphatic heterocycles. The van der Waals surface area contributed by atoms with E-state index in [-0.39, 0.29) is 11.1 Å². The molecule has 96 valence electrons. The van der Waals surface area contributed by atoms with Crippen LogP contribution in [0.4, 0.5) is 5.82 Å². The van der Waals surface area contributed by atoms with Crippen LogP contribution in [0.2, 0.25) is 5.02 Å². The number of rotatable bonds is 3. The predicted octanol–water partition coefficient (Wildman–Crippen LogP) is 2.69. The largest absolute Gasteiger partial charge is 0.478 e. The van der Waals surface area contributed by atoms with Crippen molar-refractivity contribution < 1.29 is 14.7 Å². The Morgan fingerprint density at radius 3 is 2.37 bits per heavy atom. The second-order valence-electron chi connectivity index (χ2n) is 3.67. The van der Waals surface area contributed by atoms with Gasteiger partial charge in [0.05, 0.1) is 16.1 Å². The van der Waals surface area contributed by atoms with E-state index >= 15 is 0 Å². The van der Waals surface area contributed by atoms with Crippen molar-refractivity contribution in [2.24, 2.45) is 0 Å². The fourth-order valence-corrected chi connectivity index (χ4v) is 1.61. The quantitative estimate of drug-likeness (QED) is 0.903. The Morgan fingerprint density at radius 2 is 1.79 bits per heavy atom. The number of nitrogens with one attached hydrogen (secondary N) is 1. The Balaban J connectivity index is 2.25. The molecule has 0 spiro atoms. The van der Waals surface area contributed by atoms with E-state index in [9.17, 15) is 9.59 Å². The summed E-state index contributed by atoms with van der Waals surface area (Å²) in [5.41, 5.74) is 0.0145. The van der Waals surface area contributed by atoms with Crippen molar-refractivity contribution in [3.63, 3.8) is 0 Å². The van der Waals surface area contributed by atoms with E-state index in [0.29, 0.717) is 10.8 Å². The normalized spacial score (nSPS) is 9.95. The summed E-state index contributed by atoms with van der Waals surface area (Å²) in [6.45, 7) is 0. The number of carbonyl (C=O) groups excluding carboxylic acids is 1. The van der Waals surface area contributed by atoms with Crippen molar-refractivity contribution in [2.75, 3.05) is 5.32 Å². The molecule has 0 aliphatic rings. The molecule has 0 radical (unpaired) electrons. The maximum Gasteiger partial charge on any atom is 0.336 e. The van der Waals surface area contributed by atoms with E-state index in [0.717, 1.165) is 0 Å². The lowest BCUT2D eigenvalue weighted by Crippen LogP contribution is -2.16. The number of carboxylic acid groups (broad SMARTS) is 1. The average molecular weight is 277 g/mol. The molecule has 0 saturated carbocycles. The predicted molar refractivity (Wildman–Crippen MR) is 70.6 cm³/mol. The number of pyridine rings is 1. The molecule has 5 nitrogen and oxygen atoms in total. The summed E-state index contributed by atoms with van der Waals surface area (Å²) in [7, 11) is 0. The molecular weight excluding hydrogens is 268 g/mol. The van der Waals surface area contributed by atoms with Gasteiger partial charge in [0.1, 0.15) is 5.82 Å². The molecule has 0 atom stereocenters. The molecule has 2 N–H and O–H groups in total. The SMILES string of the molecule is O=C(O)c1ccccc1C(=O)Nc1ccc(Cl)cn1. The molecule has 1 amide bonds. The van der Waals surface area contributed by atoms with Crippen LogP contribution in [0.25, 0.3) is 0 Å². The summed E-state index contributed by atoms with van der Waals surface area (Å²) in [5, 5.41) is 12.0. The van der Waals surface area contributed by atoms with Crippen LogP contribution in [0.15, 0.2) is 42.6 Å². The highest BCUT2D eigenvalue weighted by Crippen LogP contribution is 2.13. The second kappa shape index (κ2) is 5.49. The fraction of sp³-hybridized carbons (Fsp3) is 0. The van der Waals surface area contributed by atoms with E-state index < -0.39 is 11.9 Å². The molecule has 19 heavy (non-hydrogen) atoms. The number of carbonyl (C=O) groups is 2. The third kappa shape index (κ3) is 3.08. The molecule has 1 aromatic carbocycles. The van der Waals surface area contributed by atoms with Crippen molar-refractivity contribution in [1.82, 2.24) is 4.98 Å².